The lowest BCUT2D eigenvalue weighted by Crippen LogP contribution is -2.30. The number of unbranched alkanes of at least 4 members (excludes halogenated alkanes) is 38. The van der Waals surface area contributed by atoms with E-state index < -0.39 is 6.10 Å². The van der Waals surface area contributed by atoms with Gasteiger partial charge in [0, 0.05) is 19.3 Å². The molecule has 1 unspecified atom stereocenters. The summed E-state index contributed by atoms with van der Waals surface area (Å²) in [5.74, 6) is -0.863. The number of esters is 3. The second kappa shape index (κ2) is 59.9. The SMILES string of the molecule is CC/C=C\C/C=C\C/C=C\C/C=C\CCCCCCCCCCCCCCCCCCC(=O)OCC(COC(=O)CCCCCCC)OC(=O)CCCCCCCCCCCCCCCCCCCCC. The second-order valence-corrected chi connectivity index (χ2v) is 21.0. The van der Waals surface area contributed by atoms with Gasteiger partial charge in [-0.2, -0.15) is 0 Å². The summed E-state index contributed by atoms with van der Waals surface area (Å²) >= 11 is 0. The van der Waals surface area contributed by atoms with Crippen LogP contribution in [0.15, 0.2) is 48.6 Å². The maximum absolute atomic E-state index is 12.8. The van der Waals surface area contributed by atoms with Crippen LogP contribution in [0.5, 0.6) is 0 Å². The highest BCUT2D eigenvalue weighted by Gasteiger charge is 2.19. The first-order chi connectivity index (χ1) is 35.0. The van der Waals surface area contributed by atoms with Crippen molar-refractivity contribution in [2.24, 2.45) is 0 Å². The Hall–Kier alpha value is -2.63. The summed E-state index contributed by atoms with van der Waals surface area (Å²) in [6, 6.07) is 0. The Balaban J connectivity index is 3.97. The van der Waals surface area contributed by atoms with Crippen molar-refractivity contribution in [3.05, 3.63) is 48.6 Å². The van der Waals surface area contributed by atoms with Crippen molar-refractivity contribution in [3.63, 3.8) is 0 Å². The van der Waals surface area contributed by atoms with Gasteiger partial charge in [-0.15, -0.1) is 0 Å². The van der Waals surface area contributed by atoms with Crippen LogP contribution < -0.4 is 0 Å². The quantitative estimate of drug-likeness (QED) is 0.0261. The molecule has 0 radical (unpaired) electrons. The summed E-state index contributed by atoms with van der Waals surface area (Å²) in [6.07, 6.45) is 74.6. The van der Waals surface area contributed by atoms with Crippen molar-refractivity contribution < 1.29 is 28.6 Å². The standard InChI is InChI=1S/C65H118O6/c1-4-7-10-13-15-17-19-21-23-25-27-28-29-30-31-32-33-34-35-36-38-39-41-43-45-47-49-52-55-58-64(67)70-61-62(60-69-63(66)57-54-51-12-9-6-3)71-65(68)59-56-53-50-48-46-44-42-40-37-26-24-22-20-18-16-14-11-8-5-2/h7,10,15,17,21,23,27-28,62H,4-6,8-9,11-14,16,18-20,22,24-26,29-61H2,1-3H3/b10-7-,17-15-,23-21-,28-27-. The molecular weight excluding hydrogens is 877 g/mol. The third-order valence-corrected chi connectivity index (χ3v) is 13.8. The summed E-state index contributed by atoms with van der Waals surface area (Å²) in [5, 5.41) is 0. The highest BCUT2D eigenvalue weighted by Crippen LogP contribution is 2.18. The lowest BCUT2D eigenvalue weighted by molar-refractivity contribution is -0.167. The average Bonchev–Trinajstić information content (AvgIpc) is 3.37. The van der Waals surface area contributed by atoms with Crippen LogP contribution in [-0.4, -0.2) is 37.2 Å². The van der Waals surface area contributed by atoms with Gasteiger partial charge in [0.15, 0.2) is 6.10 Å². The van der Waals surface area contributed by atoms with Crippen molar-refractivity contribution in [1.29, 1.82) is 0 Å². The van der Waals surface area contributed by atoms with Crippen molar-refractivity contribution in [3.8, 4) is 0 Å². The molecule has 71 heavy (non-hydrogen) atoms. The van der Waals surface area contributed by atoms with E-state index in [9.17, 15) is 14.4 Å². The predicted octanol–water partition coefficient (Wildman–Crippen LogP) is 21.0. The summed E-state index contributed by atoms with van der Waals surface area (Å²) in [6.45, 7) is 6.49. The van der Waals surface area contributed by atoms with Gasteiger partial charge in [0.05, 0.1) is 0 Å². The summed E-state index contributed by atoms with van der Waals surface area (Å²) < 4.78 is 16.8. The second-order valence-electron chi connectivity index (χ2n) is 21.0. The van der Waals surface area contributed by atoms with E-state index in [-0.39, 0.29) is 31.1 Å². The molecule has 1 atom stereocenters. The molecule has 0 spiro atoms. The fourth-order valence-corrected chi connectivity index (χ4v) is 9.20. The molecule has 0 aliphatic rings. The number of carbonyl (C=O) groups excluding carboxylic acids is 3. The van der Waals surface area contributed by atoms with Gasteiger partial charge in [0.1, 0.15) is 13.2 Å². The third-order valence-electron chi connectivity index (χ3n) is 13.8. The molecule has 0 fully saturated rings. The molecule has 0 saturated heterocycles. The van der Waals surface area contributed by atoms with Crippen molar-refractivity contribution in [1.82, 2.24) is 0 Å². The minimum absolute atomic E-state index is 0.0681. The monoisotopic (exact) mass is 995 g/mol. The first-order valence-corrected chi connectivity index (χ1v) is 31.1. The van der Waals surface area contributed by atoms with Crippen LogP contribution in [0, 0.1) is 0 Å². The van der Waals surface area contributed by atoms with Gasteiger partial charge < -0.3 is 14.2 Å². The lowest BCUT2D eigenvalue weighted by atomic mass is 10.0. The molecular formula is C65H118O6. The molecule has 0 aromatic heterocycles. The fraction of sp³-hybridized carbons (Fsp3) is 0.831. The van der Waals surface area contributed by atoms with Gasteiger partial charge in [0.2, 0.25) is 0 Å². The van der Waals surface area contributed by atoms with E-state index in [1.54, 1.807) is 0 Å². The molecule has 0 saturated carbocycles. The maximum atomic E-state index is 12.8. The first-order valence-electron chi connectivity index (χ1n) is 31.1. The average molecular weight is 996 g/mol. The minimum Gasteiger partial charge on any atom is -0.462 e. The Morgan fingerprint density at radius 3 is 0.859 bits per heavy atom. The van der Waals surface area contributed by atoms with Crippen molar-refractivity contribution >= 4 is 17.9 Å². The number of carbonyl (C=O) groups is 3. The molecule has 0 rings (SSSR count). The highest BCUT2D eigenvalue weighted by atomic mass is 16.6. The summed E-state index contributed by atoms with van der Waals surface area (Å²) in [7, 11) is 0. The molecule has 0 bridgehead atoms. The fourth-order valence-electron chi connectivity index (χ4n) is 9.20. The smallest absolute Gasteiger partial charge is 0.306 e. The molecule has 6 nitrogen and oxygen atoms in total. The van der Waals surface area contributed by atoms with E-state index in [2.05, 4.69) is 69.4 Å². The number of hydrogen-bond acceptors (Lipinski definition) is 6. The lowest BCUT2D eigenvalue weighted by Gasteiger charge is -2.18. The molecule has 0 aromatic rings. The van der Waals surface area contributed by atoms with Gasteiger partial charge in [-0.3, -0.25) is 14.4 Å². The van der Waals surface area contributed by atoms with E-state index in [1.165, 1.54) is 199 Å². The van der Waals surface area contributed by atoms with Crippen LogP contribution in [0.4, 0.5) is 0 Å². The van der Waals surface area contributed by atoms with Crippen LogP contribution in [0.3, 0.4) is 0 Å². The van der Waals surface area contributed by atoms with Gasteiger partial charge >= 0.3 is 17.9 Å². The first kappa shape index (κ1) is 68.4. The molecule has 0 aliphatic heterocycles. The predicted molar refractivity (Wildman–Crippen MR) is 307 cm³/mol. The van der Waals surface area contributed by atoms with E-state index in [1.807, 2.05) is 0 Å². The minimum atomic E-state index is -0.765. The summed E-state index contributed by atoms with van der Waals surface area (Å²) in [4.78, 5) is 37.9. The number of hydrogen-bond donors (Lipinski definition) is 0. The van der Waals surface area contributed by atoms with Crippen LogP contribution in [-0.2, 0) is 28.6 Å². The van der Waals surface area contributed by atoms with E-state index in [0.29, 0.717) is 19.3 Å². The largest absolute Gasteiger partial charge is 0.462 e. The molecule has 0 aliphatic carbocycles. The topological polar surface area (TPSA) is 78.9 Å². The van der Waals surface area contributed by atoms with Crippen LogP contribution in [0.2, 0.25) is 0 Å². The van der Waals surface area contributed by atoms with E-state index >= 15 is 0 Å². The van der Waals surface area contributed by atoms with Crippen LogP contribution in [0.25, 0.3) is 0 Å². The van der Waals surface area contributed by atoms with Crippen molar-refractivity contribution in [2.75, 3.05) is 13.2 Å². The van der Waals surface area contributed by atoms with E-state index in [4.69, 9.17) is 14.2 Å². The Labute approximate surface area is 441 Å². The zero-order valence-electron chi connectivity index (χ0n) is 47.5. The molecule has 0 aromatic carbocycles. The summed E-state index contributed by atoms with van der Waals surface area (Å²) in [5.41, 5.74) is 0. The maximum Gasteiger partial charge on any atom is 0.306 e. The Bertz CT molecular complexity index is 1230. The third kappa shape index (κ3) is 58.1. The number of ether oxygens (including phenoxy) is 3. The molecule has 6 heteroatoms. The normalized spacial score (nSPS) is 12.3. The van der Waals surface area contributed by atoms with Crippen molar-refractivity contribution in [2.45, 2.75) is 335 Å². The molecule has 0 amide bonds. The number of allylic oxidation sites excluding steroid dienone is 8. The number of rotatable bonds is 57. The van der Waals surface area contributed by atoms with E-state index in [0.717, 1.165) is 89.9 Å². The zero-order chi connectivity index (χ0) is 51.4. The van der Waals surface area contributed by atoms with Crippen LogP contribution in [0.1, 0.15) is 329 Å². The van der Waals surface area contributed by atoms with Gasteiger partial charge in [-0.1, -0.05) is 301 Å². The van der Waals surface area contributed by atoms with Gasteiger partial charge in [0.25, 0.3) is 0 Å². The Kier molecular flexibility index (Phi) is 57.7. The van der Waals surface area contributed by atoms with Crippen LogP contribution >= 0.6 is 0 Å². The Morgan fingerprint density at radius 1 is 0.296 bits per heavy atom. The zero-order valence-corrected chi connectivity index (χ0v) is 47.5. The van der Waals surface area contributed by atoms with Gasteiger partial charge in [-0.25, -0.2) is 0 Å². The molecule has 414 valence electrons. The highest BCUT2D eigenvalue weighted by molar-refractivity contribution is 5.71. The molecule has 0 heterocycles. The Morgan fingerprint density at radius 2 is 0.549 bits per heavy atom. The molecule has 0 N–H and O–H groups in total. The van der Waals surface area contributed by atoms with Gasteiger partial charge in [-0.05, 0) is 57.8 Å².